The van der Waals surface area contributed by atoms with Gasteiger partial charge in [0, 0.05) is 27.2 Å². The van der Waals surface area contributed by atoms with Gasteiger partial charge in [-0.3, -0.25) is 24.1 Å². The number of esters is 1. The molecule has 2 fully saturated rings. The number of carbonyl (C=O) groups excluding carboxylic acids is 2. The maximum atomic E-state index is 13.0. The lowest BCUT2D eigenvalue weighted by atomic mass is 9.97. The Hall–Kier alpha value is -3.14. The van der Waals surface area contributed by atoms with Gasteiger partial charge in [-0.15, -0.1) is 0 Å². The van der Waals surface area contributed by atoms with Crippen LogP contribution in [0.3, 0.4) is 0 Å². The Morgan fingerprint density at radius 1 is 0.971 bits per heavy atom. The number of rotatable bonds is 6. The first-order chi connectivity index (χ1) is 16.3. The van der Waals surface area contributed by atoms with Crippen molar-refractivity contribution in [2.75, 3.05) is 49.5 Å². The number of benzene rings is 1. The number of carbonyl (C=O) groups is 2. The summed E-state index contributed by atoms with van der Waals surface area (Å²) in [6, 6.07) is 3.68. The molecule has 10 nitrogen and oxygen atoms in total. The highest BCUT2D eigenvalue weighted by Gasteiger charge is 2.27. The molecule has 0 aliphatic carbocycles. The van der Waals surface area contributed by atoms with Crippen LogP contribution in [0.25, 0.3) is 11.0 Å². The van der Waals surface area contributed by atoms with Gasteiger partial charge in [-0.25, -0.2) is 0 Å². The molecule has 0 bridgehead atoms. The van der Waals surface area contributed by atoms with Crippen LogP contribution >= 0.6 is 0 Å². The minimum Gasteiger partial charge on any atom is -0.466 e. The van der Waals surface area contributed by atoms with Crippen LogP contribution in [0.1, 0.15) is 32.6 Å². The molecule has 2 aromatic rings. The van der Waals surface area contributed by atoms with E-state index >= 15 is 0 Å². The van der Waals surface area contributed by atoms with Gasteiger partial charge in [0.25, 0.3) is 0 Å². The fourth-order valence-electron chi connectivity index (χ4n) is 4.91. The van der Waals surface area contributed by atoms with Crippen molar-refractivity contribution in [2.45, 2.75) is 32.6 Å². The molecular formula is C24H33N5O5. The van der Waals surface area contributed by atoms with Crippen LogP contribution < -0.4 is 21.3 Å². The van der Waals surface area contributed by atoms with Gasteiger partial charge in [-0.05, 0) is 57.8 Å². The average Bonchev–Trinajstić information content (AvgIpc) is 3.36. The Bertz CT molecular complexity index is 1200. The minimum absolute atomic E-state index is 0.102. The van der Waals surface area contributed by atoms with Crippen LogP contribution in [-0.2, 0) is 28.4 Å². The van der Waals surface area contributed by atoms with Crippen molar-refractivity contribution in [2.24, 2.45) is 20.0 Å². The Labute approximate surface area is 198 Å². The van der Waals surface area contributed by atoms with Crippen molar-refractivity contribution in [3.05, 3.63) is 32.8 Å². The maximum Gasteiger partial charge on any atom is 0.316 e. The molecule has 2 saturated heterocycles. The van der Waals surface area contributed by atoms with Crippen LogP contribution in [0.2, 0.25) is 0 Å². The molecule has 34 heavy (non-hydrogen) atoms. The van der Waals surface area contributed by atoms with Crippen LogP contribution in [0.5, 0.6) is 0 Å². The van der Waals surface area contributed by atoms with Crippen molar-refractivity contribution in [3.63, 3.8) is 0 Å². The van der Waals surface area contributed by atoms with Crippen molar-refractivity contribution >= 4 is 34.3 Å². The largest absolute Gasteiger partial charge is 0.466 e. The number of piperidine rings is 1. The highest BCUT2D eigenvalue weighted by atomic mass is 16.5. The van der Waals surface area contributed by atoms with Gasteiger partial charge in [-0.1, -0.05) is 0 Å². The van der Waals surface area contributed by atoms with Gasteiger partial charge < -0.3 is 24.1 Å². The van der Waals surface area contributed by atoms with Gasteiger partial charge in [-0.2, -0.15) is 0 Å². The van der Waals surface area contributed by atoms with E-state index in [2.05, 4.69) is 10.2 Å². The predicted octanol–water partition coefficient (Wildman–Crippen LogP) is 1.05. The first-order valence-electron chi connectivity index (χ1n) is 12.0. The standard InChI is InChI=1S/C24H33N5O5/c1-4-34-24(33)16-7-11-28(12-8-16)15-21(30)25-17-13-19-20(14-18(17)29-9-5-6-10-29)27(3)23(32)22(31)26(19)2/h13-14,16H,4-12,15H2,1-3H3,(H,25,30). The molecule has 4 rings (SSSR count). The molecule has 0 atom stereocenters. The third kappa shape index (κ3) is 4.72. The molecule has 0 unspecified atom stereocenters. The second kappa shape index (κ2) is 10.0. The van der Waals surface area contributed by atoms with E-state index in [9.17, 15) is 19.2 Å². The second-order valence-electron chi connectivity index (χ2n) is 9.13. The number of nitrogens with one attached hydrogen (secondary N) is 1. The number of likely N-dealkylation sites (tertiary alicyclic amines) is 1. The van der Waals surface area contributed by atoms with E-state index in [0.717, 1.165) is 31.6 Å². The third-order valence-corrected chi connectivity index (χ3v) is 6.90. The lowest BCUT2D eigenvalue weighted by Crippen LogP contribution is -2.41. The lowest BCUT2D eigenvalue weighted by molar-refractivity contribution is -0.149. The molecule has 3 heterocycles. The van der Waals surface area contributed by atoms with E-state index in [1.54, 1.807) is 27.1 Å². The van der Waals surface area contributed by atoms with Gasteiger partial charge >= 0.3 is 17.1 Å². The van der Waals surface area contributed by atoms with E-state index in [0.29, 0.717) is 49.3 Å². The third-order valence-electron chi connectivity index (χ3n) is 6.90. The zero-order valence-corrected chi connectivity index (χ0v) is 20.1. The number of aryl methyl sites for hydroxylation is 2. The Morgan fingerprint density at radius 2 is 1.56 bits per heavy atom. The van der Waals surface area contributed by atoms with E-state index in [1.165, 1.54) is 9.13 Å². The highest BCUT2D eigenvalue weighted by Crippen LogP contribution is 2.33. The SMILES string of the molecule is CCOC(=O)C1CCN(CC(=O)Nc2cc3c(cc2N2CCCC2)n(C)c(=O)c(=O)n3C)CC1. The fraction of sp³-hybridized carbons (Fsp3) is 0.583. The molecule has 0 saturated carbocycles. The Morgan fingerprint density at radius 3 is 2.15 bits per heavy atom. The summed E-state index contributed by atoms with van der Waals surface area (Å²) in [5.41, 5.74) is 1.53. The van der Waals surface area contributed by atoms with Crippen LogP contribution in [0.4, 0.5) is 11.4 Å². The monoisotopic (exact) mass is 471 g/mol. The van der Waals surface area contributed by atoms with E-state index in [-0.39, 0.29) is 24.3 Å². The van der Waals surface area contributed by atoms with E-state index in [4.69, 9.17) is 4.74 Å². The number of aromatic nitrogens is 2. The zero-order valence-electron chi connectivity index (χ0n) is 20.1. The summed E-state index contributed by atoms with van der Waals surface area (Å²) in [6.45, 7) is 5.46. The zero-order chi connectivity index (χ0) is 24.4. The molecule has 2 aliphatic heterocycles. The van der Waals surface area contributed by atoms with Gasteiger partial charge in [0.1, 0.15) is 0 Å². The Kier molecular flexibility index (Phi) is 7.06. The first kappa shape index (κ1) is 24.0. The summed E-state index contributed by atoms with van der Waals surface area (Å²) >= 11 is 0. The maximum absolute atomic E-state index is 13.0. The molecule has 1 N–H and O–H groups in total. The molecule has 1 amide bonds. The average molecular weight is 472 g/mol. The van der Waals surface area contributed by atoms with E-state index < -0.39 is 11.1 Å². The quantitative estimate of drug-likeness (QED) is 0.496. The van der Waals surface area contributed by atoms with Gasteiger partial charge in [0.15, 0.2) is 0 Å². The molecule has 1 aromatic heterocycles. The number of hydrogen-bond donors (Lipinski definition) is 1. The molecule has 0 spiro atoms. The molecule has 2 aliphatic rings. The number of anilines is 2. The minimum atomic E-state index is -0.606. The van der Waals surface area contributed by atoms with Gasteiger partial charge in [0.05, 0.1) is 41.5 Å². The lowest BCUT2D eigenvalue weighted by Gasteiger charge is -2.30. The van der Waals surface area contributed by atoms with Crippen molar-refractivity contribution < 1.29 is 14.3 Å². The Balaban J connectivity index is 1.55. The predicted molar refractivity (Wildman–Crippen MR) is 130 cm³/mol. The molecular weight excluding hydrogens is 438 g/mol. The number of hydrogen-bond acceptors (Lipinski definition) is 7. The number of nitrogens with zero attached hydrogens (tertiary/aromatic N) is 4. The summed E-state index contributed by atoms with van der Waals surface area (Å²) in [5.74, 6) is -0.406. The fourth-order valence-corrected chi connectivity index (χ4v) is 4.91. The highest BCUT2D eigenvalue weighted by molar-refractivity contribution is 5.99. The summed E-state index contributed by atoms with van der Waals surface area (Å²) in [4.78, 5) is 53.9. The molecule has 1 aromatic carbocycles. The summed E-state index contributed by atoms with van der Waals surface area (Å²) in [7, 11) is 3.17. The molecule has 184 valence electrons. The second-order valence-corrected chi connectivity index (χ2v) is 9.13. The van der Waals surface area contributed by atoms with Crippen LogP contribution in [-0.4, -0.2) is 65.2 Å². The van der Waals surface area contributed by atoms with Crippen molar-refractivity contribution in [1.82, 2.24) is 14.0 Å². The number of ether oxygens (including phenoxy) is 1. The molecule has 10 heteroatoms. The van der Waals surface area contributed by atoms with E-state index in [1.807, 2.05) is 11.0 Å². The van der Waals surface area contributed by atoms with Gasteiger partial charge in [0.2, 0.25) is 5.91 Å². The van der Waals surface area contributed by atoms with Crippen LogP contribution in [0.15, 0.2) is 21.7 Å². The number of fused-ring (bicyclic) bond motifs is 1. The summed E-state index contributed by atoms with van der Waals surface area (Å²) in [5, 5.41) is 3.05. The smallest absolute Gasteiger partial charge is 0.316 e. The van der Waals surface area contributed by atoms with Crippen molar-refractivity contribution in [1.29, 1.82) is 0 Å². The number of amides is 1. The summed E-state index contributed by atoms with van der Waals surface area (Å²) in [6.07, 6.45) is 3.48. The summed E-state index contributed by atoms with van der Waals surface area (Å²) < 4.78 is 7.83. The van der Waals surface area contributed by atoms with Crippen molar-refractivity contribution in [3.8, 4) is 0 Å². The molecule has 0 radical (unpaired) electrons. The normalized spacial score (nSPS) is 17.3. The topological polar surface area (TPSA) is 106 Å². The first-order valence-corrected chi connectivity index (χ1v) is 12.0. The van der Waals surface area contributed by atoms with Crippen LogP contribution in [0, 0.1) is 5.92 Å².